The van der Waals surface area contributed by atoms with Crippen LogP contribution in [0.4, 0.5) is 4.39 Å². The highest BCUT2D eigenvalue weighted by molar-refractivity contribution is 6.74. The number of nitrogens with zero attached hydrogens (tertiary/aromatic N) is 2. The van der Waals surface area contributed by atoms with E-state index in [1.807, 2.05) is 48.7 Å². The van der Waals surface area contributed by atoms with Crippen LogP contribution in [-0.2, 0) is 31.7 Å². The first kappa shape index (κ1) is 34.9. The van der Waals surface area contributed by atoms with E-state index in [0.29, 0.717) is 29.9 Å². The van der Waals surface area contributed by atoms with Gasteiger partial charge in [-0.1, -0.05) is 51.1 Å². The van der Waals surface area contributed by atoms with Crippen molar-refractivity contribution in [2.75, 3.05) is 7.11 Å². The average Bonchev–Trinajstić information content (AvgIpc) is 3.34. The molecule has 1 heterocycles. The Kier molecular flexibility index (Phi) is 11.8. The number of aromatic nitrogens is 2. The maximum absolute atomic E-state index is 13.8. The Bertz CT molecular complexity index is 1430. The molecule has 0 radical (unpaired) electrons. The maximum atomic E-state index is 13.8. The van der Waals surface area contributed by atoms with E-state index in [2.05, 4.69) is 39.2 Å². The Labute approximate surface area is 261 Å². The summed E-state index contributed by atoms with van der Waals surface area (Å²) in [5.41, 5.74) is 2.84. The van der Waals surface area contributed by atoms with E-state index in [1.54, 1.807) is 12.1 Å². The van der Waals surface area contributed by atoms with E-state index in [9.17, 15) is 18.8 Å². The zero-order chi connectivity index (χ0) is 32.7. The minimum absolute atomic E-state index is 0.00869. The summed E-state index contributed by atoms with van der Waals surface area (Å²) in [5.74, 6) is -1.00. The molecular weight excluding hydrogens is 577 g/mol. The van der Waals surface area contributed by atoms with Crippen LogP contribution in [0.15, 0.2) is 54.6 Å². The second kappa shape index (κ2) is 14.9. The van der Waals surface area contributed by atoms with E-state index in [4.69, 9.17) is 14.1 Å². The van der Waals surface area contributed by atoms with Crippen LogP contribution >= 0.6 is 0 Å². The number of Topliss-reactive ketones (excluding diaryl/α,β-unsaturated/α-hetero) is 1. The molecule has 1 atom stereocenters. The van der Waals surface area contributed by atoms with Gasteiger partial charge in [0.1, 0.15) is 11.6 Å². The summed E-state index contributed by atoms with van der Waals surface area (Å²) in [6.07, 6.45) is -0.0927. The number of methoxy groups -OCH3 is 1. The lowest BCUT2D eigenvalue weighted by Gasteiger charge is -2.39. The molecule has 0 aliphatic rings. The molecule has 1 amide bonds. The highest BCUT2D eigenvalue weighted by Gasteiger charge is 2.40. The second-order valence-electron chi connectivity index (χ2n) is 12.9. The average molecular weight is 624 g/mol. The number of hydrogen-bond donors (Lipinski definition) is 1. The summed E-state index contributed by atoms with van der Waals surface area (Å²) in [6, 6.07) is 15.4. The summed E-state index contributed by atoms with van der Waals surface area (Å²) >= 11 is 0. The van der Waals surface area contributed by atoms with Gasteiger partial charge in [-0.2, -0.15) is 0 Å². The van der Waals surface area contributed by atoms with E-state index in [1.165, 1.54) is 19.2 Å². The fraction of sp³-hybridized carbons (Fsp3) is 0.471. The third-order valence-corrected chi connectivity index (χ3v) is 12.7. The Hall–Kier alpha value is -3.63. The normalized spacial score (nSPS) is 12.7. The number of imidazole rings is 1. The number of benzene rings is 2. The van der Waals surface area contributed by atoms with Crippen molar-refractivity contribution in [1.82, 2.24) is 14.9 Å². The fourth-order valence-corrected chi connectivity index (χ4v) is 6.10. The first-order valence-electron chi connectivity index (χ1n) is 15.1. The van der Waals surface area contributed by atoms with Crippen LogP contribution in [0.25, 0.3) is 11.3 Å². The monoisotopic (exact) mass is 623 g/mol. The number of nitrogens with one attached hydrogen (secondary N) is 1. The van der Waals surface area contributed by atoms with Gasteiger partial charge < -0.3 is 19.0 Å². The smallest absolute Gasteiger partial charge is 0.308 e. The maximum Gasteiger partial charge on any atom is 0.308 e. The predicted octanol–water partition coefficient (Wildman–Crippen LogP) is 7.05. The minimum atomic E-state index is -2.27. The van der Waals surface area contributed by atoms with Crippen LogP contribution < -0.4 is 5.32 Å². The summed E-state index contributed by atoms with van der Waals surface area (Å²) in [5, 5.41) is 2.85. The third-order valence-electron chi connectivity index (χ3n) is 8.13. The van der Waals surface area contributed by atoms with Gasteiger partial charge in [0.2, 0.25) is 0 Å². The van der Waals surface area contributed by atoms with Crippen LogP contribution in [0.5, 0.6) is 0 Å². The SMILES string of the molecule is COC(=O)C[C@@H](CC(=O)CCc1c(-c2ccc(F)cc2)nc(C(=O)NCc2ccccc2)n1C(C)C)O[Si](C)(C)C(C)(C)C. The summed E-state index contributed by atoms with van der Waals surface area (Å²) in [4.78, 5) is 43.8. The van der Waals surface area contributed by atoms with Gasteiger partial charge in [0.25, 0.3) is 5.91 Å². The van der Waals surface area contributed by atoms with Gasteiger partial charge in [-0.25, -0.2) is 9.37 Å². The van der Waals surface area contributed by atoms with Crippen LogP contribution in [-0.4, -0.2) is 48.7 Å². The van der Waals surface area contributed by atoms with Crippen LogP contribution in [0.3, 0.4) is 0 Å². The Balaban J connectivity index is 1.90. The molecule has 0 saturated heterocycles. The lowest BCUT2D eigenvalue weighted by atomic mass is 10.0. The van der Waals surface area contributed by atoms with E-state index < -0.39 is 20.4 Å². The number of ketones is 1. The molecule has 2 aromatic carbocycles. The fourth-order valence-electron chi connectivity index (χ4n) is 4.75. The van der Waals surface area contributed by atoms with Crippen molar-refractivity contribution in [3.63, 3.8) is 0 Å². The van der Waals surface area contributed by atoms with Crippen molar-refractivity contribution in [2.24, 2.45) is 0 Å². The predicted molar refractivity (Wildman–Crippen MR) is 172 cm³/mol. The van der Waals surface area contributed by atoms with Gasteiger partial charge in [-0.3, -0.25) is 14.4 Å². The molecule has 0 unspecified atom stereocenters. The highest BCUT2D eigenvalue weighted by atomic mass is 28.4. The quantitative estimate of drug-likeness (QED) is 0.153. The standard InChI is InChI=1S/C34H46FN3O5Si/c1-23(2)38-29(19-18-27(39)20-28(21-30(40)42-6)43-44(7,8)34(3,4)5)31(25-14-16-26(35)17-15-25)37-32(38)33(41)36-22-24-12-10-9-11-13-24/h9-17,23,28H,18-22H2,1-8H3,(H,36,41)/t28-/m1/s1. The van der Waals surface area contributed by atoms with Crippen molar-refractivity contribution in [3.05, 3.63) is 77.5 Å². The molecule has 10 heteroatoms. The molecule has 44 heavy (non-hydrogen) atoms. The van der Waals surface area contributed by atoms with Crippen molar-refractivity contribution < 1.29 is 27.9 Å². The van der Waals surface area contributed by atoms with E-state index in [0.717, 1.165) is 5.56 Å². The summed E-state index contributed by atoms with van der Waals surface area (Å²) < 4.78 is 27.0. The molecule has 1 N–H and O–H groups in total. The van der Waals surface area contributed by atoms with Gasteiger partial charge in [0.15, 0.2) is 14.1 Å². The van der Waals surface area contributed by atoms with Crippen molar-refractivity contribution in [2.45, 2.75) is 97.1 Å². The Morgan fingerprint density at radius 1 is 1.00 bits per heavy atom. The lowest BCUT2D eigenvalue weighted by Crippen LogP contribution is -2.45. The zero-order valence-electron chi connectivity index (χ0n) is 27.2. The van der Waals surface area contributed by atoms with Crippen molar-refractivity contribution in [1.29, 1.82) is 0 Å². The first-order chi connectivity index (χ1) is 20.6. The molecule has 0 fully saturated rings. The lowest BCUT2D eigenvalue weighted by molar-refractivity contribution is -0.142. The number of ether oxygens (including phenoxy) is 1. The van der Waals surface area contributed by atoms with Gasteiger partial charge in [-0.05, 0) is 68.2 Å². The zero-order valence-corrected chi connectivity index (χ0v) is 28.2. The number of hydrogen-bond acceptors (Lipinski definition) is 6. The molecule has 0 bridgehead atoms. The molecule has 3 rings (SSSR count). The number of rotatable bonds is 14. The number of amides is 1. The molecule has 0 aliphatic heterocycles. The highest BCUT2D eigenvalue weighted by Crippen LogP contribution is 2.38. The molecular formula is C34H46FN3O5Si. The molecule has 0 saturated carbocycles. The van der Waals surface area contributed by atoms with Crippen LogP contribution in [0.2, 0.25) is 18.1 Å². The Morgan fingerprint density at radius 2 is 1.64 bits per heavy atom. The summed E-state index contributed by atoms with van der Waals surface area (Å²) in [7, 11) is -0.949. The van der Waals surface area contributed by atoms with Crippen LogP contribution in [0.1, 0.15) is 81.8 Å². The third kappa shape index (κ3) is 9.19. The van der Waals surface area contributed by atoms with Crippen LogP contribution in [0, 0.1) is 5.82 Å². The first-order valence-corrected chi connectivity index (χ1v) is 18.0. The van der Waals surface area contributed by atoms with Crippen molar-refractivity contribution in [3.8, 4) is 11.3 Å². The van der Waals surface area contributed by atoms with Gasteiger partial charge in [0, 0.05) is 36.7 Å². The topological polar surface area (TPSA) is 99.5 Å². The Morgan fingerprint density at radius 3 is 2.20 bits per heavy atom. The minimum Gasteiger partial charge on any atom is -0.469 e. The van der Waals surface area contributed by atoms with Gasteiger partial charge in [0.05, 0.1) is 25.3 Å². The largest absolute Gasteiger partial charge is 0.469 e. The molecule has 8 nitrogen and oxygen atoms in total. The molecule has 238 valence electrons. The molecule has 1 aromatic heterocycles. The number of esters is 1. The number of carbonyl (C=O) groups excluding carboxylic acids is 3. The second-order valence-corrected chi connectivity index (χ2v) is 17.6. The number of halogens is 1. The van der Waals surface area contributed by atoms with E-state index >= 15 is 0 Å². The number of carbonyl (C=O) groups is 3. The van der Waals surface area contributed by atoms with Crippen molar-refractivity contribution >= 4 is 26.0 Å². The summed E-state index contributed by atoms with van der Waals surface area (Å²) in [6.45, 7) is 14.7. The van der Waals surface area contributed by atoms with Gasteiger partial charge in [-0.15, -0.1) is 0 Å². The van der Waals surface area contributed by atoms with E-state index in [-0.39, 0.29) is 53.7 Å². The van der Waals surface area contributed by atoms with Gasteiger partial charge >= 0.3 is 5.97 Å². The molecule has 0 aliphatic carbocycles. The molecule has 3 aromatic rings. The molecule has 0 spiro atoms.